The van der Waals surface area contributed by atoms with Gasteiger partial charge in [0.05, 0.1) is 6.54 Å². The van der Waals surface area contributed by atoms with Crippen LogP contribution in [0, 0.1) is 0 Å². The van der Waals surface area contributed by atoms with Crippen LogP contribution in [0.1, 0.15) is 31.5 Å². The van der Waals surface area contributed by atoms with Gasteiger partial charge >= 0.3 is 0 Å². The number of carbonyl (C=O) groups excluding carboxylic acids is 1. The first-order chi connectivity index (χ1) is 8.10. The van der Waals surface area contributed by atoms with Crippen LogP contribution < -0.4 is 16.2 Å². The highest BCUT2D eigenvalue weighted by Gasteiger charge is 2.27. The quantitative estimate of drug-likeness (QED) is 0.750. The van der Waals surface area contributed by atoms with Crippen molar-refractivity contribution in [1.82, 2.24) is 9.97 Å². The monoisotopic (exact) mass is 236 g/mol. The van der Waals surface area contributed by atoms with Gasteiger partial charge in [0.25, 0.3) is 5.56 Å². The van der Waals surface area contributed by atoms with Gasteiger partial charge in [-0.25, -0.2) is 4.98 Å². The number of likely N-dealkylation sites (N-methyl/N-ethyl adjacent to an activating group) is 1. The third-order valence-corrected chi connectivity index (χ3v) is 2.76. The molecule has 6 heteroatoms. The molecule has 1 aromatic rings. The number of anilines is 1. The van der Waals surface area contributed by atoms with Crippen LogP contribution in [0.25, 0.3) is 0 Å². The Morgan fingerprint density at radius 3 is 2.88 bits per heavy atom. The molecule has 1 aromatic heterocycles. The first-order valence-electron chi connectivity index (χ1n) is 5.74. The van der Waals surface area contributed by atoms with E-state index in [9.17, 15) is 9.59 Å². The number of rotatable bonds is 5. The van der Waals surface area contributed by atoms with E-state index in [-0.39, 0.29) is 12.1 Å². The molecule has 3 N–H and O–H groups in total. The molecule has 0 saturated heterocycles. The lowest BCUT2D eigenvalue weighted by atomic mass is 10.3. The summed E-state index contributed by atoms with van der Waals surface area (Å²) in [4.78, 5) is 31.2. The van der Waals surface area contributed by atoms with Crippen LogP contribution in [-0.2, 0) is 4.79 Å². The minimum absolute atomic E-state index is 0.0804. The van der Waals surface area contributed by atoms with E-state index in [2.05, 4.69) is 9.97 Å². The Morgan fingerprint density at radius 1 is 1.65 bits per heavy atom. The molecule has 17 heavy (non-hydrogen) atoms. The van der Waals surface area contributed by atoms with Crippen molar-refractivity contribution >= 4 is 11.7 Å². The van der Waals surface area contributed by atoms with Crippen molar-refractivity contribution in [2.75, 3.05) is 18.0 Å². The average molecular weight is 236 g/mol. The number of hydrogen-bond acceptors (Lipinski definition) is 4. The van der Waals surface area contributed by atoms with E-state index >= 15 is 0 Å². The van der Waals surface area contributed by atoms with Crippen LogP contribution in [0.2, 0.25) is 0 Å². The summed E-state index contributed by atoms with van der Waals surface area (Å²) in [7, 11) is 0. The lowest BCUT2D eigenvalue weighted by Gasteiger charge is -2.20. The highest BCUT2D eigenvalue weighted by atomic mass is 16.1. The van der Waals surface area contributed by atoms with Crippen molar-refractivity contribution in [3.8, 4) is 0 Å². The number of nitrogens with one attached hydrogen (secondary N) is 1. The molecule has 1 fully saturated rings. The first-order valence-corrected chi connectivity index (χ1v) is 5.74. The van der Waals surface area contributed by atoms with E-state index < -0.39 is 5.91 Å². The molecule has 1 heterocycles. The minimum atomic E-state index is -0.429. The van der Waals surface area contributed by atoms with Crippen molar-refractivity contribution in [1.29, 1.82) is 0 Å². The van der Waals surface area contributed by atoms with Crippen LogP contribution >= 0.6 is 0 Å². The van der Waals surface area contributed by atoms with E-state index in [1.54, 1.807) is 4.90 Å². The third-order valence-electron chi connectivity index (χ3n) is 2.76. The number of carbonyl (C=O) groups is 1. The van der Waals surface area contributed by atoms with Crippen molar-refractivity contribution in [3.05, 3.63) is 22.2 Å². The lowest BCUT2D eigenvalue weighted by molar-refractivity contribution is -0.116. The van der Waals surface area contributed by atoms with E-state index in [0.717, 1.165) is 18.7 Å². The minimum Gasteiger partial charge on any atom is -0.368 e. The fraction of sp³-hybridized carbons (Fsp3) is 0.545. The van der Waals surface area contributed by atoms with Crippen LogP contribution in [0.4, 0.5) is 5.82 Å². The maximum atomic E-state index is 11.5. The summed E-state index contributed by atoms with van der Waals surface area (Å²) in [5, 5.41) is 0. The van der Waals surface area contributed by atoms with Gasteiger partial charge in [-0.05, 0) is 19.8 Å². The van der Waals surface area contributed by atoms with Gasteiger partial charge in [-0.3, -0.25) is 9.59 Å². The van der Waals surface area contributed by atoms with Crippen molar-refractivity contribution in [3.63, 3.8) is 0 Å². The van der Waals surface area contributed by atoms with Gasteiger partial charge in [0.2, 0.25) is 5.91 Å². The number of hydrogen-bond donors (Lipinski definition) is 2. The normalized spacial score (nSPS) is 14.6. The lowest BCUT2D eigenvalue weighted by Crippen LogP contribution is -2.35. The summed E-state index contributed by atoms with van der Waals surface area (Å²) >= 11 is 0. The Balaban J connectivity index is 2.28. The molecule has 0 atom stereocenters. The van der Waals surface area contributed by atoms with E-state index in [0.29, 0.717) is 18.3 Å². The topological polar surface area (TPSA) is 92.1 Å². The van der Waals surface area contributed by atoms with Crippen LogP contribution in [-0.4, -0.2) is 29.0 Å². The standard InChI is InChI=1S/C11H16N4O2/c1-2-15(6-8(12)16)9-5-10(17)14-11(13-9)7-3-4-7/h5,7H,2-4,6H2,1H3,(H2,12,16)(H,13,14,17). The van der Waals surface area contributed by atoms with E-state index in [1.807, 2.05) is 6.92 Å². The fourth-order valence-corrected chi connectivity index (χ4v) is 1.72. The van der Waals surface area contributed by atoms with Gasteiger partial charge < -0.3 is 15.6 Å². The predicted octanol–water partition coefficient (Wildman–Crippen LogP) is -0.0411. The molecule has 0 radical (unpaired) electrons. The maximum Gasteiger partial charge on any atom is 0.252 e. The molecule has 1 amide bonds. The second-order valence-electron chi connectivity index (χ2n) is 4.24. The van der Waals surface area contributed by atoms with Crippen LogP contribution in [0.3, 0.4) is 0 Å². The highest BCUT2D eigenvalue weighted by molar-refractivity contribution is 5.79. The molecule has 92 valence electrons. The predicted molar refractivity (Wildman–Crippen MR) is 63.9 cm³/mol. The molecule has 0 unspecified atom stereocenters. The maximum absolute atomic E-state index is 11.5. The molecule has 0 aromatic carbocycles. The Hall–Kier alpha value is -1.85. The molecule has 2 rings (SSSR count). The van der Waals surface area contributed by atoms with Gasteiger partial charge in [-0.15, -0.1) is 0 Å². The summed E-state index contributed by atoms with van der Waals surface area (Å²) < 4.78 is 0. The van der Waals surface area contributed by atoms with Crippen molar-refractivity contribution < 1.29 is 4.79 Å². The first kappa shape index (κ1) is 11.6. The molecule has 0 bridgehead atoms. The van der Waals surface area contributed by atoms with E-state index in [4.69, 9.17) is 5.73 Å². The largest absolute Gasteiger partial charge is 0.368 e. The number of aromatic nitrogens is 2. The summed E-state index contributed by atoms with van der Waals surface area (Å²) in [6.07, 6.45) is 2.13. The Morgan fingerprint density at radius 2 is 2.35 bits per heavy atom. The molecular formula is C11H16N4O2. The van der Waals surface area contributed by atoms with Gasteiger partial charge in [0, 0.05) is 18.5 Å². The fourth-order valence-electron chi connectivity index (χ4n) is 1.72. The van der Waals surface area contributed by atoms with Crippen LogP contribution in [0.5, 0.6) is 0 Å². The zero-order valence-electron chi connectivity index (χ0n) is 9.77. The third kappa shape index (κ3) is 2.83. The van der Waals surface area contributed by atoms with Gasteiger partial charge in [-0.1, -0.05) is 0 Å². The number of primary amides is 1. The van der Waals surface area contributed by atoms with Crippen molar-refractivity contribution in [2.45, 2.75) is 25.7 Å². The van der Waals surface area contributed by atoms with E-state index in [1.165, 1.54) is 6.07 Å². The van der Waals surface area contributed by atoms with Crippen LogP contribution in [0.15, 0.2) is 10.9 Å². The molecule has 0 aliphatic heterocycles. The second kappa shape index (κ2) is 4.57. The second-order valence-corrected chi connectivity index (χ2v) is 4.24. The molecular weight excluding hydrogens is 220 g/mol. The number of amides is 1. The van der Waals surface area contributed by atoms with Gasteiger partial charge in [-0.2, -0.15) is 0 Å². The SMILES string of the molecule is CCN(CC(N)=O)c1cc(=O)[nH]c(C2CC2)n1. The molecule has 1 aliphatic carbocycles. The summed E-state index contributed by atoms with van der Waals surface area (Å²) in [5.74, 6) is 1.18. The Bertz CT molecular complexity index is 479. The van der Waals surface area contributed by atoms with Crippen molar-refractivity contribution in [2.24, 2.45) is 5.73 Å². The smallest absolute Gasteiger partial charge is 0.252 e. The number of aromatic amines is 1. The molecule has 6 nitrogen and oxygen atoms in total. The molecule has 1 saturated carbocycles. The highest BCUT2D eigenvalue weighted by Crippen LogP contribution is 2.37. The number of H-pyrrole nitrogens is 1. The van der Waals surface area contributed by atoms with Gasteiger partial charge in [0.15, 0.2) is 0 Å². The summed E-state index contributed by atoms with van der Waals surface area (Å²) in [5.41, 5.74) is 4.98. The molecule has 1 aliphatic rings. The summed E-state index contributed by atoms with van der Waals surface area (Å²) in [6.45, 7) is 2.56. The number of nitrogens with zero attached hydrogens (tertiary/aromatic N) is 2. The zero-order valence-corrected chi connectivity index (χ0v) is 9.77. The average Bonchev–Trinajstić information content (AvgIpc) is 3.08. The Labute approximate surface area is 98.8 Å². The van der Waals surface area contributed by atoms with Gasteiger partial charge in [0.1, 0.15) is 11.6 Å². The number of nitrogens with two attached hydrogens (primary N) is 1. The Kier molecular flexibility index (Phi) is 3.12. The summed E-state index contributed by atoms with van der Waals surface area (Å²) in [6, 6.07) is 1.40. The zero-order chi connectivity index (χ0) is 12.4. The molecule has 0 spiro atoms.